The zero-order valence-corrected chi connectivity index (χ0v) is 69.8. The number of carbonyl (C=O) groups excluding carboxylic acids is 3. The molecule has 11 N–H and O–H groups in total. The Labute approximate surface area is 700 Å². The largest absolute Gasteiger partial charge is 0.491 e. The molecule has 5 aliphatic carbocycles. The molecule has 0 spiro atoms. The first-order valence-corrected chi connectivity index (χ1v) is 43.3. The van der Waals surface area contributed by atoms with Crippen molar-refractivity contribution in [3.8, 4) is 11.5 Å². The van der Waals surface area contributed by atoms with Gasteiger partial charge in [-0.15, -0.1) is 22.7 Å². The molecular formula is C87H110F3N17O10S2. The van der Waals surface area contributed by atoms with Crippen molar-refractivity contribution in [3.63, 3.8) is 0 Å². The molecular weight excluding hydrogens is 1560 g/mol. The summed E-state index contributed by atoms with van der Waals surface area (Å²) >= 11 is 3.22. The Hall–Kier alpha value is -10.1. The maximum atomic E-state index is 14.7. The van der Waals surface area contributed by atoms with Gasteiger partial charge in [0.1, 0.15) is 30.5 Å². The number of thiophene rings is 2. The number of likely N-dealkylation sites (tertiary alicyclic amines) is 1. The fourth-order valence-electron chi connectivity index (χ4n) is 15.6. The molecule has 27 nitrogen and oxygen atoms in total. The Morgan fingerprint density at radius 2 is 0.966 bits per heavy atom. The number of carbonyl (C=O) groups is 3. The summed E-state index contributed by atoms with van der Waals surface area (Å²) in [6, 6.07) is 26.6. The number of hydrogen-bond donors (Lipinski definition) is 11. The first-order chi connectivity index (χ1) is 57.7. The van der Waals surface area contributed by atoms with E-state index in [1.165, 1.54) is 84.3 Å². The Kier molecular flexibility index (Phi) is 30.8. The molecule has 6 unspecified atom stereocenters. The topological polar surface area (TPSA) is 343 Å². The van der Waals surface area contributed by atoms with Crippen molar-refractivity contribution in [1.29, 1.82) is 0 Å². The SMILES string of the molecule is COCCOc1ccc(Nc2ncc(F)c(NC3CCC(CNC(=O)c4cc5c(s4)CCCC5)CC3)n2)cc1.COCCOc1ccc(Nc2ncc(F)c(NC3CCCC(NC(=O)c4cc(C(C)(C)C)on4)C3O)n2)cc1.O=C(NC1CCCC(Nc2nc(Nc3ccc(CCN4CCCC4)cc3)ncc2F)C1O)c1cc2c(s1)CCCC2. The van der Waals surface area contributed by atoms with Crippen LogP contribution < -0.4 is 57.3 Å². The molecule has 32 heteroatoms. The Morgan fingerprint density at radius 3 is 1.43 bits per heavy atom. The molecule has 3 aromatic carbocycles. The third kappa shape index (κ3) is 24.8. The summed E-state index contributed by atoms with van der Waals surface area (Å²) in [6.45, 7) is 12.0. The van der Waals surface area contributed by atoms with Crippen molar-refractivity contribution in [2.75, 3.05) is 98.7 Å². The first-order valence-electron chi connectivity index (χ1n) is 41.6. The predicted molar refractivity (Wildman–Crippen MR) is 455 cm³/mol. The number of hydrogen-bond acceptors (Lipinski definition) is 26. The van der Waals surface area contributed by atoms with E-state index in [9.17, 15) is 37.8 Å². The van der Waals surface area contributed by atoms with Gasteiger partial charge in [0.2, 0.25) is 17.8 Å². The number of aromatic nitrogens is 7. The number of benzene rings is 3. The summed E-state index contributed by atoms with van der Waals surface area (Å²) in [5.41, 5.74) is 6.06. The minimum absolute atomic E-state index is 0.0340. The van der Waals surface area contributed by atoms with Gasteiger partial charge in [0.15, 0.2) is 40.6 Å². The first kappa shape index (κ1) is 86.7. The number of aryl methyl sites for hydroxylation is 4. The second-order valence-electron chi connectivity index (χ2n) is 32.2. The van der Waals surface area contributed by atoms with Crippen molar-refractivity contribution in [3.05, 3.63) is 175 Å². The Morgan fingerprint density at radius 1 is 0.521 bits per heavy atom. The van der Waals surface area contributed by atoms with Crippen molar-refractivity contribution < 1.29 is 61.2 Å². The molecule has 0 bridgehead atoms. The van der Waals surface area contributed by atoms with Gasteiger partial charge in [0, 0.05) is 71.6 Å². The van der Waals surface area contributed by atoms with Crippen molar-refractivity contribution >= 4 is 92.8 Å². The number of aliphatic hydroxyl groups is 2. The fourth-order valence-corrected chi connectivity index (χ4v) is 17.9. The van der Waals surface area contributed by atoms with Crippen LogP contribution in [0.2, 0.25) is 0 Å². The van der Waals surface area contributed by atoms with Crippen LogP contribution in [0.15, 0.2) is 114 Å². The summed E-state index contributed by atoms with van der Waals surface area (Å²) in [4.78, 5) is 70.4. The molecule has 119 heavy (non-hydrogen) atoms. The van der Waals surface area contributed by atoms with Gasteiger partial charge in [-0.1, -0.05) is 38.1 Å². The van der Waals surface area contributed by atoms with E-state index in [0.29, 0.717) is 99.0 Å². The summed E-state index contributed by atoms with van der Waals surface area (Å²) < 4.78 is 70.2. The Bertz CT molecular complexity index is 4730. The number of nitrogens with one attached hydrogen (secondary N) is 9. The van der Waals surface area contributed by atoms with Gasteiger partial charge in [-0.2, -0.15) is 15.0 Å². The monoisotopic (exact) mass is 1670 g/mol. The number of nitrogens with zero attached hydrogens (tertiary/aromatic N) is 8. The van der Waals surface area contributed by atoms with E-state index in [2.05, 4.69) is 106 Å². The van der Waals surface area contributed by atoms with Crippen molar-refractivity contribution in [1.82, 2.24) is 55.9 Å². The average Bonchev–Trinajstić information content (AvgIpc) is 1.75. The van der Waals surface area contributed by atoms with Crippen LogP contribution in [0.1, 0.15) is 186 Å². The number of halogens is 3. The van der Waals surface area contributed by atoms with Gasteiger partial charge in [-0.25, -0.2) is 28.1 Å². The fraction of sp³-hybridized carbons (Fsp3) is 0.494. The van der Waals surface area contributed by atoms with Crippen LogP contribution in [0.3, 0.4) is 0 Å². The smallest absolute Gasteiger partial charge is 0.273 e. The van der Waals surface area contributed by atoms with Gasteiger partial charge in [-0.3, -0.25) is 14.4 Å². The van der Waals surface area contributed by atoms with E-state index in [-0.39, 0.29) is 58.3 Å². The highest BCUT2D eigenvalue weighted by molar-refractivity contribution is 7.14. The van der Waals surface area contributed by atoms with Crippen LogP contribution in [0.5, 0.6) is 11.5 Å². The van der Waals surface area contributed by atoms with E-state index in [0.717, 1.165) is 105 Å². The lowest BCUT2D eigenvalue weighted by Gasteiger charge is -2.35. The molecule has 6 aromatic heterocycles. The number of amides is 3. The quantitative estimate of drug-likeness (QED) is 0.0186. The molecule has 6 atom stereocenters. The molecule has 15 rings (SSSR count). The molecule has 7 heterocycles. The number of rotatable bonds is 30. The molecule has 6 aliphatic rings. The van der Waals surface area contributed by atoms with E-state index in [4.69, 9.17) is 23.5 Å². The number of methoxy groups -OCH3 is 2. The molecule has 1 saturated heterocycles. The van der Waals surface area contributed by atoms with Crippen molar-refractivity contribution in [2.45, 2.75) is 203 Å². The summed E-state index contributed by atoms with van der Waals surface area (Å²) in [6.07, 6.45) is 21.9. The van der Waals surface area contributed by atoms with E-state index in [1.807, 2.05) is 63.2 Å². The van der Waals surface area contributed by atoms with Gasteiger partial charge in [0.25, 0.3) is 17.7 Å². The average molecular weight is 1680 g/mol. The zero-order chi connectivity index (χ0) is 83.2. The lowest BCUT2D eigenvalue weighted by molar-refractivity contribution is 0.0650. The Balaban J connectivity index is 0.000000155. The van der Waals surface area contributed by atoms with Crippen LogP contribution in [0.25, 0.3) is 0 Å². The molecule has 636 valence electrons. The third-order valence-electron chi connectivity index (χ3n) is 22.3. The number of anilines is 9. The third-order valence-corrected chi connectivity index (χ3v) is 24.8. The van der Waals surface area contributed by atoms with Crippen LogP contribution in [0.4, 0.5) is 65.5 Å². The highest BCUT2D eigenvalue weighted by Gasteiger charge is 2.37. The molecule has 3 amide bonds. The highest BCUT2D eigenvalue weighted by Crippen LogP contribution is 2.35. The van der Waals surface area contributed by atoms with Gasteiger partial charge >= 0.3 is 0 Å². The molecule has 9 aromatic rings. The molecule has 3 saturated carbocycles. The van der Waals surface area contributed by atoms with E-state index < -0.39 is 59.7 Å². The molecule has 0 radical (unpaired) electrons. The number of ether oxygens (including phenoxy) is 4. The van der Waals surface area contributed by atoms with Crippen LogP contribution in [-0.2, 0) is 47.0 Å². The van der Waals surface area contributed by atoms with E-state index in [1.54, 1.807) is 67.2 Å². The maximum absolute atomic E-state index is 14.7. The summed E-state index contributed by atoms with van der Waals surface area (Å²) in [7, 11) is 3.24. The zero-order valence-electron chi connectivity index (χ0n) is 68.2. The second kappa shape index (κ2) is 42.2. The van der Waals surface area contributed by atoms with Crippen LogP contribution in [-0.4, -0.2) is 177 Å². The van der Waals surface area contributed by atoms with E-state index >= 15 is 0 Å². The van der Waals surface area contributed by atoms with Crippen molar-refractivity contribution in [2.24, 2.45) is 5.92 Å². The minimum atomic E-state index is -0.979. The minimum Gasteiger partial charge on any atom is -0.491 e. The predicted octanol–water partition coefficient (Wildman–Crippen LogP) is 14.6. The summed E-state index contributed by atoms with van der Waals surface area (Å²) in [5, 5.41) is 53.7. The molecule has 4 fully saturated rings. The van der Waals surface area contributed by atoms with Gasteiger partial charge in [-0.05, 0) is 243 Å². The lowest BCUT2D eigenvalue weighted by atomic mass is 9.86. The maximum Gasteiger partial charge on any atom is 0.273 e. The molecule has 1 aliphatic heterocycles. The lowest BCUT2D eigenvalue weighted by Crippen LogP contribution is -2.53. The summed E-state index contributed by atoms with van der Waals surface area (Å²) in [5.74, 6) is 1.15. The number of aliphatic hydroxyl groups excluding tert-OH is 2. The van der Waals surface area contributed by atoms with Crippen LogP contribution in [0, 0.1) is 23.4 Å². The van der Waals surface area contributed by atoms with Crippen LogP contribution >= 0.6 is 22.7 Å². The highest BCUT2D eigenvalue weighted by atomic mass is 32.1. The van der Waals surface area contributed by atoms with Gasteiger partial charge < -0.3 is 86.4 Å². The number of fused-ring (bicyclic) bond motifs is 2. The second-order valence-corrected chi connectivity index (χ2v) is 34.5. The van der Waals surface area contributed by atoms with Gasteiger partial charge in [0.05, 0.1) is 77.9 Å². The standard InChI is InChI=1S/C31H39FN6O2S.C29H36FN5O3S.C27H35FN6O5/c32-23-19-33-31(34-22-12-10-20(11-13-22)14-17-38-15-3-4-16-38)37-29(23)35-24-7-5-8-25(28(24)39)36-30(40)27-18-21-6-1-2-9-26(21)41-27;1-37-14-15-38-23-12-10-22(11-13-23)34-29-32-18-24(30)27(35-29)33-21-8-6-19(7-9-21)17-31-28(36)26-16-20-4-2-3-5-25(20)39-26;1-27(2,3)22-14-21(34-39-22)25(36)32-20-7-5-6-19(23(20)35)31-24-18(28)15-29-26(33-24)30-16-8-10-17(11-9-16)38-13-12-37-4/h10-13,18-19,24-25,28,39H,1-9,14-17H2,(H,36,40)(H2,33,34,35,37);10-13,16,18-19,21H,2-9,14-15,17H2,1H3,(H,31,36)(H2,32,33,34,35);8-11,14-15,19-20,23,35H,5-7,12-13H2,1-4H3,(H,32,36)(H2,29,30,31,33). The normalized spacial score (nSPS) is 20.3.